The monoisotopic (exact) mass is 286 g/mol. The van der Waals surface area contributed by atoms with Gasteiger partial charge in [0.05, 0.1) is 6.61 Å². The molecule has 0 saturated heterocycles. The average Bonchev–Trinajstić information content (AvgIpc) is 2.48. The summed E-state index contributed by atoms with van der Waals surface area (Å²) >= 11 is 0. The highest BCUT2D eigenvalue weighted by atomic mass is 16.5. The van der Waals surface area contributed by atoms with Crippen LogP contribution in [0.4, 0.5) is 0 Å². The van der Waals surface area contributed by atoms with Crippen molar-refractivity contribution < 1.29 is 9.47 Å². The van der Waals surface area contributed by atoms with Crippen LogP contribution in [0.2, 0.25) is 0 Å². The Morgan fingerprint density at radius 3 is 2.52 bits per heavy atom. The normalized spacial score (nSPS) is 12.0. The van der Waals surface area contributed by atoms with Gasteiger partial charge in [-0.2, -0.15) is 0 Å². The van der Waals surface area contributed by atoms with Crippen molar-refractivity contribution in [3.8, 4) is 17.4 Å². The summed E-state index contributed by atoms with van der Waals surface area (Å²) in [5.74, 6) is 2.20. The van der Waals surface area contributed by atoms with Crippen molar-refractivity contribution in [3.05, 3.63) is 48.2 Å². The molecule has 0 spiro atoms. The third-order valence-electron chi connectivity index (χ3n) is 2.90. The summed E-state index contributed by atoms with van der Waals surface area (Å²) < 4.78 is 11.4. The SMILES string of the molecule is CCCOc1ccc(Oc2ncccc2CC(C)N)cc1. The predicted molar refractivity (Wildman–Crippen MR) is 83.9 cm³/mol. The summed E-state index contributed by atoms with van der Waals surface area (Å²) in [5.41, 5.74) is 6.87. The van der Waals surface area contributed by atoms with Crippen LogP contribution in [-0.4, -0.2) is 17.6 Å². The minimum atomic E-state index is 0.0707. The second-order valence-electron chi connectivity index (χ2n) is 5.07. The fourth-order valence-electron chi connectivity index (χ4n) is 1.95. The lowest BCUT2D eigenvalue weighted by Gasteiger charge is -2.12. The summed E-state index contributed by atoms with van der Waals surface area (Å²) in [4.78, 5) is 4.29. The van der Waals surface area contributed by atoms with E-state index in [1.165, 1.54) is 0 Å². The molecule has 0 aliphatic heterocycles. The van der Waals surface area contributed by atoms with Crippen molar-refractivity contribution in [1.29, 1.82) is 0 Å². The Kier molecular flexibility index (Phi) is 5.58. The number of benzene rings is 1. The highest BCUT2D eigenvalue weighted by molar-refractivity contribution is 5.36. The minimum absolute atomic E-state index is 0.0707. The van der Waals surface area contributed by atoms with Crippen LogP contribution in [0.5, 0.6) is 17.4 Å². The highest BCUT2D eigenvalue weighted by Crippen LogP contribution is 2.25. The number of pyridine rings is 1. The van der Waals surface area contributed by atoms with Gasteiger partial charge in [0, 0.05) is 17.8 Å². The van der Waals surface area contributed by atoms with Gasteiger partial charge in [-0.1, -0.05) is 13.0 Å². The molecule has 1 atom stereocenters. The quantitative estimate of drug-likeness (QED) is 0.845. The van der Waals surface area contributed by atoms with E-state index in [1.54, 1.807) is 6.20 Å². The lowest BCUT2D eigenvalue weighted by atomic mass is 10.1. The van der Waals surface area contributed by atoms with Gasteiger partial charge in [-0.05, 0) is 50.1 Å². The molecule has 0 aliphatic carbocycles. The zero-order chi connectivity index (χ0) is 15.1. The zero-order valence-corrected chi connectivity index (χ0v) is 12.6. The predicted octanol–water partition coefficient (Wildman–Crippen LogP) is 3.55. The van der Waals surface area contributed by atoms with Gasteiger partial charge in [0.1, 0.15) is 11.5 Å². The maximum atomic E-state index is 5.85. The van der Waals surface area contributed by atoms with Crippen LogP contribution >= 0.6 is 0 Å². The van der Waals surface area contributed by atoms with E-state index in [2.05, 4.69) is 11.9 Å². The molecule has 4 heteroatoms. The van der Waals surface area contributed by atoms with Crippen molar-refractivity contribution in [2.24, 2.45) is 5.73 Å². The van der Waals surface area contributed by atoms with E-state index in [-0.39, 0.29) is 6.04 Å². The first kappa shape index (κ1) is 15.3. The fraction of sp³-hybridized carbons (Fsp3) is 0.353. The second-order valence-corrected chi connectivity index (χ2v) is 5.07. The lowest BCUT2D eigenvalue weighted by Crippen LogP contribution is -2.18. The number of aromatic nitrogens is 1. The van der Waals surface area contributed by atoms with Gasteiger partial charge in [0.25, 0.3) is 0 Å². The number of hydrogen-bond acceptors (Lipinski definition) is 4. The average molecular weight is 286 g/mol. The number of rotatable bonds is 7. The Hall–Kier alpha value is -2.07. The molecule has 1 unspecified atom stereocenters. The van der Waals surface area contributed by atoms with E-state index >= 15 is 0 Å². The van der Waals surface area contributed by atoms with Gasteiger partial charge in [0.15, 0.2) is 0 Å². The van der Waals surface area contributed by atoms with Crippen molar-refractivity contribution in [2.45, 2.75) is 32.7 Å². The van der Waals surface area contributed by atoms with Crippen molar-refractivity contribution in [2.75, 3.05) is 6.61 Å². The number of nitrogens with zero attached hydrogens (tertiary/aromatic N) is 1. The molecule has 1 heterocycles. The van der Waals surface area contributed by atoms with Gasteiger partial charge in [-0.15, -0.1) is 0 Å². The first-order valence-electron chi connectivity index (χ1n) is 7.29. The van der Waals surface area contributed by atoms with E-state index in [4.69, 9.17) is 15.2 Å². The molecular formula is C17H22N2O2. The maximum Gasteiger partial charge on any atom is 0.222 e. The summed E-state index contributed by atoms with van der Waals surface area (Å²) in [6, 6.07) is 11.5. The molecular weight excluding hydrogens is 264 g/mol. The molecule has 21 heavy (non-hydrogen) atoms. The maximum absolute atomic E-state index is 5.85. The Morgan fingerprint density at radius 2 is 1.86 bits per heavy atom. The van der Waals surface area contributed by atoms with Gasteiger partial charge < -0.3 is 15.2 Å². The van der Waals surface area contributed by atoms with E-state index in [0.29, 0.717) is 5.88 Å². The molecule has 4 nitrogen and oxygen atoms in total. The topological polar surface area (TPSA) is 57.4 Å². The van der Waals surface area contributed by atoms with Gasteiger partial charge in [-0.25, -0.2) is 4.98 Å². The first-order valence-corrected chi connectivity index (χ1v) is 7.29. The van der Waals surface area contributed by atoms with Gasteiger partial charge >= 0.3 is 0 Å². The summed E-state index contributed by atoms with van der Waals surface area (Å²) in [6.07, 6.45) is 3.45. The standard InChI is InChI=1S/C17H22N2O2/c1-3-11-20-15-6-8-16(9-7-15)21-17-14(12-13(2)18)5-4-10-19-17/h4-10,13H,3,11-12,18H2,1-2H3. The highest BCUT2D eigenvalue weighted by Gasteiger charge is 2.08. The molecule has 1 aromatic heterocycles. The van der Waals surface area contributed by atoms with E-state index < -0.39 is 0 Å². The van der Waals surface area contributed by atoms with Crippen LogP contribution in [0.25, 0.3) is 0 Å². The first-order chi connectivity index (χ1) is 10.2. The van der Waals surface area contributed by atoms with E-state index in [1.807, 2.05) is 43.3 Å². The largest absolute Gasteiger partial charge is 0.494 e. The van der Waals surface area contributed by atoms with Crippen LogP contribution in [0.1, 0.15) is 25.8 Å². The molecule has 0 aliphatic rings. The molecule has 0 radical (unpaired) electrons. The van der Waals surface area contributed by atoms with Crippen LogP contribution < -0.4 is 15.2 Å². The van der Waals surface area contributed by atoms with Crippen LogP contribution in [0.3, 0.4) is 0 Å². The summed E-state index contributed by atoms with van der Waals surface area (Å²) in [5, 5.41) is 0. The van der Waals surface area contributed by atoms with Gasteiger partial charge in [0.2, 0.25) is 5.88 Å². The number of ether oxygens (including phenoxy) is 2. The number of nitrogens with two attached hydrogens (primary N) is 1. The Labute approximate surface area is 125 Å². The molecule has 2 aromatic rings. The third-order valence-corrected chi connectivity index (χ3v) is 2.90. The Morgan fingerprint density at radius 1 is 1.14 bits per heavy atom. The Balaban J connectivity index is 2.07. The van der Waals surface area contributed by atoms with E-state index in [0.717, 1.165) is 36.5 Å². The van der Waals surface area contributed by atoms with Crippen LogP contribution in [0, 0.1) is 0 Å². The van der Waals surface area contributed by atoms with Crippen LogP contribution in [0.15, 0.2) is 42.6 Å². The molecule has 2 rings (SSSR count). The smallest absolute Gasteiger partial charge is 0.222 e. The van der Waals surface area contributed by atoms with Crippen molar-refractivity contribution in [1.82, 2.24) is 4.98 Å². The molecule has 0 fully saturated rings. The molecule has 0 amide bonds. The lowest BCUT2D eigenvalue weighted by molar-refractivity contribution is 0.317. The van der Waals surface area contributed by atoms with Crippen LogP contribution in [-0.2, 0) is 6.42 Å². The van der Waals surface area contributed by atoms with Crippen molar-refractivity contribution in [3.63, 3.8) is 0 Å². The molecule has 0 saturated carbocycles. The van der Waals surface area contributed by atoms with Crippen molar-refractivity contribution >= 4 is 0 Å². The zero-order valence-electron chi connectivity index (χ0n) is 12.6. The summed E-state index contributed by atoms with van der Waals surface area (Å²) in [6.45, 7) is 4.77. The Bertz CT molecular complexity index is 553. The number of hydrogen-bond donors (Lipinski definition) is 1. The van der Waals surface area contributed by atoms with E-state index in [9.17, 15) is 0 Å². The third kappa shape index (κ3) is 4.76. The molecule has 2 N–H and O–H groups in total. The summed E-state index contributed by atoms with van der Waals surface area (Å²) in [7, 11) is 0. The minimum Gasteiger partial charge on any atom is -0.494 e. The molecule has 0 bridgehead atoms. The molecule has 1 aromatic carbocycles. The fourth-order valence-corrected chi connectivity index (χ4v) is 1.95. The second kappa shape index (κ2) is 7.64. The molecule has 112 valence electrons. The van der Waals surface area contributed by atoms with Gasteiger partial charge in [-0.3, -0.25) is 0 Å².